The molecule has 0 aliphatic carbocycles. The SMILES string of the molecule is COCC(N)C(=O)NC1CCN(c2ncc(C(F)(F)F)cc2Cl)C1.Cl.Cl. The monoisotopic (exact) mass is 438 g/mol. The van der Waals surface area contributed by atoms with Gasteiger partial charge in [-0.2, -0.15) is 13.2 Å². The van der Waals surface area contributed by atoms with Crippen molar-refractivity contribution in [3.05, 3.63) is 22.8 Å². The van der Waals surface area contributed by atoms with Crippen molar-refractivity contribution in [1.82, 2.24) is 10.3 Å². The minimum Gasteiger partial charge on any atom is -0.383 e. The summed E-state index contributed by atoms with van der Waals surface area (Å²) >= 11 is 5.93. The van der Waals surface area contributed by atoms with E-state index in [0.29, 0.717) is 19.5 Å². The van der Waals surface area contributed by atoms with Gasteiger partial charge in [-0.05, 0) is 12.5 Å². The van der Waals surface area contributed by atoms with Gasteiger partial charge in [0.15, 0.2) is 0 Å². The van der Waals surface area contributed by atoms with Gasteiger partial charge in [0.2, 0.25) is 5.91 Å². The summed E-state index contributed by atoms with van der Waals surface area (Å²) in [5.74, 6) is -0.0715. The number of rotatable bonds is 5. The summed E-state index contributed by atoms with van der Waals surface area (Å²) in [6.07, 6.45) is -3.12. The number of halogens is 6. The maximum Gasteiger partial charge on any atom is 0.417 e. The summed E-state index contributed by atoms with van der Waals surface area (Å²) in [7, 11) is 1.45. The van der Waals surface area contributed by atoms with Crippen molar-refractivity contribution >= 4 is 48.1 Å². The Kier molecular flexibility index (Phi) is 9.97. The highest BCUT2D eigenvalue weighted by Gasteiger charge is 2.33. The molecular formula is C14H20Cl3F3N4O2. The second-order valence-corrected chi connectivity index (χ2v) is 5.94. The number of methoxy groups -OCH3 is 1. The molecule has 1 amide bonds. The van der Waals surface area contributed by atoms with Gasteiger partial charge in [0, 0.05) is 32.4 Å². The molecule has 0 radical (unpaired) electrons. The van der Waals surface area contributed by atoms with Crippen LogP contribution in [-0.4, -0.2) is 49.8 Å². The number of pyridine rings is 1. The summed E-state index contributed by atoms with van der Waals surface area (Å²) in [6.45, 7) is 1.01. The lowest BCUT2D eigenvalue weighted by Gasteiger charge is -2.20. The number of aromatic nitrogens is 1. The molecule has 150 valence electrons. The molecule has 2 rings (SSSR count). The maximum atomic E-state index is 12.6. The normalized spacial score (nSPS) is 17.9. The molecule has 2 atom stereocenters. The number of ether oxygens (including phenoxy) is 1. The standard InChI is InChI=1S/C14H18ClF3N4O2.2ClH/c1-24-7-11(19)13(23)21-9-2-3-22(6-9)12-10(15)4-8(5-20-12)14(16,17)18;;/h4-5,9,11H,2-3,6-7,19H2,1H3,(H,21,23);2*1H. The van der Waals surface area contributed by atoms with Crippen LogP contribution in [0.25, 0.3) is 0 Å². The highest BCUT2D eigenvalue weighted by molar-refractivity contribution is 6.33. The fourth-order valence-corrected chi connectivity index (χ4v) is 2.74. The molecule has 1 fully saturated rings. The summed E-state index contributed by atoms with van der Waals surface area (Å²) in [5.41, 5.74) is 4.75. The summed E-state index contributed by atoms with van der Waals surface area (Å²) in [4.78, 5) is 17.4. The summed E-state index contributed by atoms with van der Waals surface area (Å²) in [6, 6.07) is -0.0954. The van der Waals surface area contributed by atoms with E-state index in [0.717, 1.165) is 12.3 Å². The summed E-state index contributed by atoms with van der Waals surface area (Å²) < 4.78 is 42.7. The van der Waals surface area contributed by atoms with Gasteiger partial charge < -0.3 is 20.7 Å². The first-order valence-electron chi connectivity index (χ1n) is 7.25. The lowest BCUT2D eigenvalue weighted by atomic mass is 10.2. The van der Waals surface area contributed by atoms with E-state index in [-0.39, 0.29) is 54.2 Å². The highest BCUT2D eigenvalue weighted by Crippen LogP contribution is 2.34. The van der Waals surface area contributed by atoms with Crippen molar-refractivity contribution in [2.75, 3.05) is 31.7 Å². The van der Waals surface area contributed by atoms with Crippen LogP contribution in [0.1, 0.15) is 12.0 Å². The molecule has 3 N–H and O–H groups in total. The number of alkyl halides is 3. The van der Waals surface area contributed by atoms with Gasteiger partial charge in [-0.3, -0.25) is 4.79 Å². The Morgan fingerprint density at radius 1 is 1.54 bits per heavy atom. The lowest BCUT2D eigenvalue weighted by molar-refractivity contribution is -0.137. The molecule has 1 aromatic rings. The van der Waals surface area contributed by atoms with Gasteiger partial charge in [-0.25, -0.2) is 4.98 Å². The zero-order chi connectivity index (χ0) is 17.9. The smallest absolute Gasteiger partial charge is 0.383 e. The zero-order valence-corrected chi connectivity index (χ0v) is 16.1. The maximum absolute atomic E-state index is 12.6. The first kappa shape index (κ1) is 25.0. The highest BCUT2D eigenvalue weighted by atomic mass is 35.5. The Morgan fingerprint density at radius 3 is 2.73 bits per heavy atom. The molecule has 12 heteroatoms. The molecule has 1 aromatic heterocycles. The first-order chi connectivity index (χ1) is 11.2. The van der Waals surface area contributed by atoms with Crippen LogP contribution in [-0.2, 0) is 15.7 Å². The van der Waals surface area contributed by atoms with Crippen LogP contribution in [0, 0.1) is 0 Å². The van der Waals surface area contributed by atoms with E-state index in [1.165, 1.54) is 7.11 Å². The van der Waals surface area contributed by atoms with E-state index in [1.807, 2.05) is 0 Å². The predicted molar refractivity (Wildman–Crippen MR) is 97.4 cm³/mol. The molecule has 1 aliphatic heterocycles. The number of carbonyl (C=O) groups is 1. The number of amides is 1. The molecule has 6 nitrogen and oxygen atoms in total. The van der Waals surface area contributed by atoms with Gasteiger partial charge in [-0.1, -0.05) is 11.6 Å². The average Bonchev–Trinajstić information content (AvgIpc) is 2.94. The van der Waals surface area contributed by atoms with Gasteiger partial charge in [0.25, 0.3) is 0 Å². The first-order valence-corrected chi connectivity index (χ1v) is 7.62. The summed E-state index contributed by atoms with van der Waals surface area (Å²) in [5, 5.41) is 2.71. The lowest BCUT2D eigenvalue weighted by Crippen LogP contribution is -2.48. The molecule has 1 saturated heterocycles. The number of anilines is 1. The van der Waals surface area contributed by atoms with Crippen molar-refractivity contribution < 1.29 is 22.7 Å². The second-order valence-electron chi connectivity index (χ2n) is 5.53. The third kappa shape index (κ3) is 6.31. The van der Waals surface area contributed by atoms with Gasteiger partial charge in [-0.15, -0.1) is 24.8 Å². The number of hydrogen-bond acceptors (Lipinski definition) is 5. The van der Waals surface area contributed by atoms with Crippen LogP contribution in [0.4, 0.5) is 19.0 Å². The Labute approximate surface area is 166 Å². The number of nitrogens with zero attached hydrogens (tertiary/aromatic N) is 2. The van der Waals surface area contributed by atoms with E-state index in [4.69, 9.17) is 22.1 Å². The molecule has 0 saturated carbocycles. The number of hydrogen-bond donors (Lipinski definition) is 2. The second kappa shape index (κ2) is 10.4. The van der Waals surface area contributed by atoms with E-state index in [2.05, 4.69) is 10.3 Å². The Morgan fingerprint density at radius 2 is 2.19 bits per heavy atom. The molecular weight excluding hydrogens is 420 g/mol. The van der Waals surface area contributed by atoms with Crippen molar-refractivity contribution in [2.45, 2.75) is 24.7 Å². The molecule has 2 heterocycles. The van der Waals surface area contributed by atoms with E-state index in [9.17, 15) is 18.0 Å². The minimum atomic E-state index is -4.49. The van der Waals surface area contributed by atoms with Crippen LogP contribution in [0.2, 0.25) is 5.02 Å². The molecule has 2 unspecified atom stereocenters. The minimum absolute atomic E-state index is 0. The van der Waals surface area contributed by atoms with Crippen molar-refractivity contribution in [1.29, 1.82) is 0 Å². The number of nitrogens with one attached hydrogen (secondary N) is 1. The average molecular weight is 440 g/mol. The Bertz CT molecular complexity index is 607. The third-order valence-electron chi connectivity index (χ3n) is 3.67. The Balaban J connectivity index is 0.00000312. The number of nitrogens with two attached hydrogens (primary N) is 1. The number of carbonyl (C=O) groups excluding carboxylic acids is 1. The van der Waals surface area contributed by atoms with Crippen LogP contribution in [0.3, 0.4) is 0 Å². The van der Waals surface area contributed by atoms with Crippen molar-refractivity contribution in [2.24, 2.45) is 5.73 Å². The fourth-order valence-electron chi connectivity index (χ4n) is 2.45. The van der Waals surface area contributed by atoms with Gasteiger partial charge >= 0.3 is 6.18 Å². The molecule has 0 bridgehead atoms. The van der Waals surface area contributed by atoms with Gasteiger partial charge in [0.1, 0.15) is 11.9 Å². The Hall–Kier alpha value is -1.00. The van der Waals surface area contributed by atoms with E-state index in [1.54, 1.807) is 4.90 Å². The molecule has 1 aliphatic rings. The predicted octanol–water partition coefficient (Wildman–Crippen LogP) is 2.27. The van der Waals surface area contributed by atoms with Gasteiger partial charge in [0.05, 0.1) is 17.2 Å². The van der Waals surface area contributed by atoms with Crippen LogP contribution >= 0.6 is 36.4 Å². The van der Waals surface area contributed by atoms with E-state index < -0.39 is 17.8 Å². The molecule has 0 spiro atoms. The third-order valence-corrected chi connectivity index (χ3v) is 3.94. The largest absolute Gasteiger partial charge is 0.417 e. The molecule has 26 heavy (non-hydrogen) atoms. The van der Waals surface area contributed by atoms with Crippen LogP contribution in [0.5, 0.6) is 0 Å². The van der Waals surface area contributed by atoms with Crippen molar-refractivity contribution in [3.8, 4) is 0 Å². The van der Waals surface area contributed by atoms with Crippen molar-refractivity contribution in [3.63, 3.8) is 0 Å². The quantitative estimate of drug-likeness (QED) is 0.736. The fraction of sp³-hybridized carbons (Fsp3) is 0.571. The zero-order valence-electron chi connectivity index (χ0n) is 13.8. The van der Waals surface area contributed by atoms with Crippen LogP contribution < -0.4 is 16.0 Å². The van der Waals surface area contributed by atoms with Crippen LogP contribution in [0.15, 0.2) is 12.3 Å². The molecule has 0 aromatic carbocycles. The topological polar surface area (TPSA) is 80.5 Å². The van der Waals surface area contributed by atoms with E-state index >= 15 is 0 Å².